The maximum atomic E-state index is 13.6. The third-order valence-electron chi connectivity index (χ3n) is 5.50. The molecule has 0 radical (unpaired) electrons. The Morgan fingerprint density at radius 2 is 1.61 bits per heavy atom. The molecule has 0 unspecified atom stereocenters. The maximum Gasteiger partial charge on any atom is 0.263 e. The Morgan fingerprint density at radius 1 is 0.970 bits per heavy atom. The van der Waals surface area contributed by atoms with Gasteiger partial charge in [-0.3, -0.25) is 9.59 Å². The van der Waals surface area contributed by atoms with Gasteiger partial charge < -0.3 is 24.0 Å². The molecule has 0 aliphatic carbocycles. The van der Waals surface area contributed by atoms with Crippen molar-refractivity contribution in [2.45, 2.75) is 6.92 Å². The number of benzene rings is 3. The topological polar surface area (TPSA) is 81.0 Å². The highest BCUT2D eigenvalue weighted by Crippen LogP contribution is 2.32. The van der Waals surface area contributed by atoms with E-state index in [-0.39, 0.29) is 11.3 Å². The Balaban J connectivity index is 2.01. The number of pyridine rings is 1. The highest BCUT2D eigenvalue weighted by atomic mass is 16.5. The van der Waals surface area contributed by atoms with Crippen molar-refractivity contribution in [2.24, 2.45) is 0 Å². The molecular formula is C26H24N2O5. The quantitative estimate of drug-likeness (QED) is 0.477. The van der Waals surface area contributed by atoms with Crippen molar-refractivity contribution >= 4 is 22.5 Å². The normalized spacial score (nSPS) is 10.8. The lowest BCUT2D eigenvalue weighted by Crippen LogP contribution is -2.34. The van der Waals surface area contributed by atoms with Crippen molar-refractivity contribution in [2.75, 3.05) is 25.7 Å². The first-order valence-electron chi connectivity index (χ1n) is 10.5. The lowest BCUT2D eigenvalue weighted by Gasteiger charge is -2.22. The van der Waals surface area contributed by atoms with Crippen LogP contribution >= 0.6 is 0 Å². The number of phenolic OH excluding ortho intramolecular Hbond substituents is 1. The molecule has 1 heterocycles. The van der Waals surface area contributed by atoms with Crippen LogP contribution in [-0.4, -0.2) is 36.3 Å². The molecule has 33 heavy (non-hydrogen) atoms. The number of anilines is 1. The molecule has 7 nitrogen and oxygen atoms in total. The second kappa shape index (κ2) is 9.08. The van der Waals surface area contributed by atoms with E-state index in [1.165, 1.54) is 20.4 Å². The van der Waals surface area contributed by atoms with E-state index in [0.717, 1.165) is 0 Å². The summed E-state index contributed by atoms with van der Waals surface area (Å²) in [6, 6.07) is 19.0. The monoisotopic (exact) mass is 444 g/mol. The zero-order valence-electron chi connectivity index (χ0n) is 18.6. The predicted molar refractivity (Wildman–Crippen MR) is 128 cm³/mol. The average molecular weight is 444 g/mol. The number of methoxy groups -OCH3 is 2. The summed E-state index contributed by atoms with van der Waals surface area (Å²) < 4.78 is 12.6. The van der Waals surface area contributed by atoms with Crippen molar-refractivity contribution in [3.63, 3.8) is 0 Å². The molecule has 4 aromatic rings. The van der Waals surface area contributed by atoms with Crippen molar-refractivity contribution < 1.29 is 19.4 Å². The van der Waals surface area contributed by atoms with E-state index in [1.807, 2.05) is 37.3 Å². The number of nitrogens with zero attached hydrogens (tertiary/aromatic N) is 2. The number of aromatic hydroxyl groups is 1. The SMILES string of the molecule is CCN(C(=O)c1cn(-c2ccc(O)cc2)c2cc(OC)c(OC)cc2c1=O)c1ccccc1. The van der Waals surface area contributed by atoms with Crippen molar-refractivity contribution in [1.82, 2.24) is 4.57 Å². The molecular weight excluding hydrogens is 420 g/mol. The molecule has 0 atom stereocenters. The fraction of sp³-hybridized carbons (Fsp3) is 0.154. The Bertz CT molecular complexity index is 1360. The van der Waals surface area contributed by atoms with Gasteiger partial charge in [0.1, 0.15) is 11.3 Å². The van der Waals surface area contributed by atoms with Gasteiger partial charge in [-0.2, -0.15) is 0 Å². The third-order valence-corrected chi connectivity index (χ3v) is 5.50. The van der Waals surface area contributed by atoms with Gasteiger partial charge in [-0.1, -0.05) is 18.2 Å². The van der Waals surface area contributed by atoms with Gasteiger partial charge >= 0.3 is 0 Å². The summed E-state index contributed by atoms with van der Waals surface area (Å²) in [7, 11) is 3.01. The number of rotatable bonds is 6. The molecule has 0 saturated heterocycles. The van der Waals surface area contributed by atoms with Crippen LogP contribution in [0, 0.1) is 0 Å². The van der Waals surface area contributed by atoms with Crippen LogP contribution in [0.2, 0.25) is 0 Å². The van der Waals surface area contributed by atoms with Gasteiger partial charge in [0.25, 0.3) is 5.91 Å². The molecule has 0 bridgehead atoms. The molecule has 0 saturated carbocycles. The molecule has 3 aromatic carbocycles. The minimum absolute atomic E-state index is 0.0218. The van der Waals surface area contributed by atoms with Crippen LogP contribution in [0.4, 0.5) is 5.69 Å². The average Bonchev–Trinajstić information content (AvgIpc) is 2.85. The standard InChI is InChI=1S/C26H24N2O5/c1-4-27(17-8-6-5-7-9-17)26(31)21-16-28(18-10-12-19(29)13-11-18)22-15-24(33-3)23(32-2)14-20(22)25(21)30/h5-16,29H,4H2,1-3H3. The van der Waals surface area contributed by atoms with Gasteiger partial charge in [-0.05, 0) is 49.4 Å². The maximum absolute atomic E-state index is 13.6. The molecule has 0 aliphatic rings. The molecule has 4 rings (SSSR count). The largest absolute Gasteiger partial charge is 0.508 e. The molecule has 0 fully saturated rings. The lowest BCUT2D eigenvalue weighted by atomic mass is 10.1. The van der Waals surface area contributed by atoms with Gasteiger partial charge in [-0.25, -0.2) is 0 Å². The van der Waals surface area contributed by atoms with E-state index in [0.29, 0.717) is 40.3 Å². The molecule has 1 N–H and O–H groups in total. The van der Waals surface area contributed by atoms with Crippen LogP contribution in [0.5, 0.6) is 17.2 Å². The summed E-state index contributed by atoms with van der Waals surface area (Å²) in [6.07, 6.45) is 1.54. The van der Waals surface area contributed by atoms with E-state index in [4.69, 9.17) is 9.47 Å². The number of fused-ring (bicyclic) bond motifs is 1. The number of carbonyl (C=O) groups excluding carboxylic acids is 1. The van der Waals surface area contributed by atoms with Gasteiger partial charge in [-0.15, -0.1) is 0 Å². The summed E-state index contributed by atoms with van der Waals surface area (Å²) in [5.41, 5.74) is 1.53. The Morgan fingerprint density at radius 3 is 2.21 bits per heavy atom. The van der Waals surface area contributed by atoms with Gasteiger partial charge in [0.05, 0.1) is 25.1 Å². The minimum atomic E-state index is -0.405. The van der Waals surface area contributed by atoms with Crippen LogP contribution < -0.4 is 19.8 Å². The molecule has 1 amide bonds. The summed E-state index contributed by atoms with van der Waals surface area (Å²) >= 11 is 0. The van der Waals surface area contributed by atoms with E-state index in [9.17, 15) is 14.7 Å². The fourth-order valence-corrected chi connectivity index (χ4v) is 3.83. The number of phenols is 1. The highest BCUT2D eigenvalue weighted by molar-refractivity contribution is 6.07. The Kier molecular flexibility index (Phi) is 6.04. The van der Waals surface area contributed by atoms with Crippen LogP contribution in [0.15, 0.2) is 77.7 Å². The number of amides is 1. The molecule has 7 heteroatoms. The minimum Gasteiger partial charge on any atom is -0.508 e. The number of carbonyl (C=O) groups is 1. The van der Waals surface area contributed by atoms with E-state index < -0.39 is 11.3 Å². The number of para-hydroxylation sites is 1. The van der Waals surface area contributed by atoms with Crippen LogP contribution in [-0.2, 0) is 0 Å². The van der Waals surface area contributed by atoms with Crippen LogP contribution in [0.3, 0.4) is 0 Å². The third kappa shape index (κ3) is 4.01. The van der Waals surface area contributed by atoms with Gasteiger partial charge in [0.2, 0.25) is 5.43 Å². The van der Waals surface area contributed by atoms with E-state index in [2.05, 4.69) is 0 Å². The Labute approximate surface area is 191 Å². The van der Waals surface area contributed by atoms with E-state index in [1.54, 1.807) is 45.9 Å². The summed E-state index contributed by atoms with van der Waals surface area (Å²) in [6.45, 7) is 2.25. The number of ether oxygens (including phenoxy) is 2. The van der Waals surface area contributed by atoms with Crippen molar-refractivity contribution in [1.29, 1.82) is 0 Å². The first-order chi connectivity index (χ1) is 16.0. The highest BCUT2D eigenvalue weighted by Gasteiger charge is 2.23. The first kappa shape index (κ1) is 22.0. The summed E-state index contributed by atoms with van der Waals surface area (Å²) in [5.74, 6) is 0.550. The Hall–Kier alpha value is -4.26. The zero-order valence-corrected chi connectivity index (χ0v) is 18.6. The first-order valence-corrected chi connectivity index (χ1v) is 10.5. The molecule has 1 aromatic heterocycles. The molecule has 0 spiro atoms. The van der Waals surface area contributed by atoms with Crippen LogP contribution in [0.25, 0.3) is 16.6 Å². The number of hydrogen-bond acceptors (Lipinski definition) is 5. The smallest absolute Gasteiger partial charge is 0.263 e. The van der Waals surface area contributed by atoms with Gasteiger partial charge in [0.15, 0.2) is 11.5 Å². The fourth-order valence-electron chi connectivity index (χ4n) is 3.83. The van der Waals surface area contributed by atoms with Gasteiger partial charge in [0, 0.05) is 30.2 Å². The lowest BCUT2D eigenvalue weighted by molar-refractivity contribution is 0.0987. The second-order valence-corrected chi connectivity index (χ2v) is 7.37. The molecule has 168 valence electrons. The van der Waals surface area contributed by atoms with E-state index >= 15 is 0 Å². The van der Waals surface area contributed by atoms with Crippen molar-refractivity contribution in [3.8, 4) is 22.9 Å². The predicted octanol–water partition coefficient (Wildman–Crippen LogP) is 4.38. The summed E-state index contributed by atoms with van der Waals surface area (Å²) in [4.78, 5) is 28.7. The second-order valence-electron chi connectivity index (χ2n) is 7.37. The number of aromatic nitrogens is 1. The summed E-state index contributed by atoms with van der Waals surface area (Å²) in [5, 5.41) is 10.0. The number of hydrogen-bond donors (Lipinski definition) is 1. The molecule has 0 aliphatic heterocycles. The van der Waals surface area contributed by atoms with Crippen LogP contribution in [0.1, 0.15) is 17.3 Å². The van der Waals surface area contributed by atoms with Crippen molar-refractivity contribution in [3.05, 3.63) is 88.7 Å². The zero-order chi connectivity index (χ0) is 23.5.